The number of likely N-dealkylation sites (N-methyl/N-ethyl adjacent to an activating group) is 1. The van der Waals surface area contributed by atoms with E-state index in [0.717, 1.165) is 0 Å². The van der Waals surface area contributed by atoms with E-state index in [1.807, 2.05) is 60.5 Å². The van der Waals surface area contributed by atoms with Crippen LogP contribution in [0.5, 0.6) is 0 Å². The molecule has 0 rings (SSSR count). The Morgan fingerprint density at radius 2 is 1.14 bits per heavy atom. The number of hydrogen-bond donors (Lipinski definition) is 0. The molecule has 0 N–H and O–H groups in total. The Kier molecular flexibility index (Phi) is 10.7. The standard InChI is InChI=1S/C15H35NO5Si/c1-9-17-15(18-10-2,14(6)16(7)8)22(19-11-3,20-12-4)21-13-5/h14H,9-13H2,1-8H3. The van der Waals surface area contributed by atoms with Crippen molar-refractivity contribution < 1.29 is 22.8 Å². The van der Waals surface area contributed by atoms with Crippen molar-refractivity contribution in [3.8, 4) is 0 Å². The first-order valence-electron chi connectivity index (χ1n) is 8.27. The van der Waals surface area contributed by atoms with Crippen molar-refractivity contribution in [2.45, 2.75) is 53.0 Å². The molecule has 0 heterocycles. The third kappa shape index (κ3) is 4.74. The fraction of sp³-hybridized carbons (Fsp3) is 1.00. The molecule has 0 aromatic heterocycles. The van der Waals surface area contributed by atoms with Crippen LogP contribution in [0.25, 0.3) is 0 Å². The molecule has 0 saturated heterocycles. The predicted molar refractivity (Wildman–Crippen MR) is 89.8 cm³/mol. The van der Waals surface area contributed by atoms with E-state index < -0.39 is 14.2 Å². The number of ether oxygens (including phenoxy) is 2. The van der Waals surface area contributed by atoms with Gasteiger partial charge < -0.3 is 27.7 Å². The minimum absolute atomic E-state index is 0.0938. The highest BCUT2D eigenvalue weighted by Crippen LogP contribution is 2.35. The maximum Gasteiger partial charge on any atom is 0.565 e. The molecule has 0 aromatic carbocycles. The van der Waals surface area contributed by atoms with Crippen molar-refractivity contribution in [3.05, 3.63) is 0 Å². The van der Waals surface area contributed by atoms with Gasteiger partial charge in [0.15, 0.2) is 0 Å². The van der Waals surface area contributed by atoms with Crippen LogP contribution in [0.1, 0.15) is 41.5 Å². The maximum absolute atomic E-state index is 6.14. The summed E-state index contributed by atoms with van der Waals surface area (Å²) >= 11 is 0. The van der Waals surface area contributed by atoms with E-state index in [1.165, 1.54) is 0 Å². The molecule has 0 aliphatic carbocycles. The molecule has 0 aliphatic heterocycles. The molecule has 22 heavy (non-hydrogen) atoms. The quantitative estimate of drug-likeness (QED) is 0.380. The van der Waals surface area contributed by atoms with E-state index in [9.17, 15) is 0 Å². The Hall–Kier alpha value is -0.0231. The van der Waals surface area contributed by atoms with Gasteiger partial charge in [0.05, 0.1) is 6.04 Å². The van der Waals surface area contributed by atoms with Gasteiger partial charge in [-0.25, -0.2) is 0 Å². The SMILES string of the molecule is CCOC(OCC)(C(C)N(C)C)[Si](OCC)(OCC)OCC. The van der Waals surface area contributed by atoms with Crippen LogP contribution >= 0.6 is 0 Å². The Balaban J connectivity index is 6.06. The van der Waals surface area contributed by atoms with Gasteiger partial charge in [0.25, 0.3) is 5.41 Å². The fourth-order valence-electron chi connectivity index (χ4n) is 2.48. The summed E-state index contributed by atoms with van der Waals surface area (Å²) in [5.74, 6) is 0. The van der Waals surface area contributed by atoms with Crippen LogP contribution in [0.15, 0.2) is 0 Å². The average Bonchev–Trinajstić information content (AvgIpc) is 2.46. The third-order valence-corrected chi connectivity index (χ3v) is 7.04. The van der Waals surface area contributed by atoms with Crippen molar-refractivity contribution in [2.75, 3.05) is 47.1 Å². The lowest BCUT2D eigenvalue weighted by molar-refractivity contribution is -0.245. The largest absolute Gasteiger partial charge is 0.565 e. The monoisotopic (exact) mass is 337 g/mol. The molecule has 7 heteroatoms. The van der Waals surface area contributed by atoms with Crippen LogP contribution in [0.4, 0.5) is 0 Å². The second-order valence-electron chi connectivity index (χ2n) is 5.03. The number of rotatable bonds is 13. The summed E-state index contributed by atoms with van der Waals surface area (Å²) in [5.41, 5.74) is -1.05. The Morgan fingerprint density at radius 3 is 1.36 bits per heavy atom. The molecule has 0 radical (unpaired) electrons. The van der Waals surface area contributed by atoms with Crippen LogP contribution in [0.3, 0.4) is 0 Å². The van der Waals surface area contributed by atoms with Gasteiger partial charge >= 0.3 is 8.80 Å². The Morgan fingerprint density at radius 1 is 0.773 bits per heavy atom. The van der Waals surface area contributed by atoms with E-state index in [0.29, 0.717) is 33.0 Å². The highest BCUT2D eigenvalue weighted by atomic mass is 28.4. The molecule has 0 fully saturated rings. The molecule has 0 bridgehead atoms. The Bertz CT molecular complexity index is 268. The first-order valence-corrected chi connectivity index (χ1v) is 9.99. The highest BCUT2D eigenvalue weighted by molar-refractivity contribution is 6.63. The molecule has 1 atom stereocenters. The van der Waals surface area contributed by atoms with Gasteiger partial charge in [-0.3, -0.25) is 0 Å². The minimum Gasteiger partial charge on any atom is -0.371 e. The summed E-state index contributed by atoms with van der Waals surface area (Å²) in [6.07, 6.45) is 0. The minimum atomic E-state index is -3.23. The van der Waals surface area contributed by atoms with Crippen LogP contribution in [-0.4, -0.2) is 72.3 Å². The second-order valence-corrected chi connectivity index (χ2v) is 7.70. The average molecular weight is 338 g/mol. The van der Waals surface area contributed by atoms with Crippen LogP contribution in [0.2, 0.25) is 0 Å². The first-order chi connectivity index (χ1) is 10.4. The summed E-state index contributed by atoms with van der Waals surface area (Å²) in [7, 11) is 0.744. The van der Waals surface area contributed by atoms with Crippen LogP contribution in [0, 0.1) is 0 Å². The summed E-state index contributed by atoms with van der Waals surface area (Å²) in [6.45, 7) is 14.1. The van der Waals surface area contributed by atoms with Crippen molar-refractivity contribution >= 4 is 8.80 Å². The van der Waals surface area contributed by atoms with Gasteiger partial charge in [0.1, 0.15) is 0 Å². The van der Waals surface area contributed by atoms with Gasteiger partial charge in [0, 0.05) is 33.0 Å². The summed E-state index contributed by atoms with van der Waals surface area (Å²) in [6, 6.07) is -0.0938. The molecule has 0 saturated carbocycles. The van der Waals surface area contributed by atoms with Gasteiger partial charge in [-0.2, -0.15) is 0 Å². The number of nitrogens with zero attached hydrogens (tertiary/aromatic N) is 1. The zero-order valence-corrected chi connectivity index (χ0v) is 16.6. The number of hydrogen-bond acceptors (Lipinski definition) is 6. The van der Waals surface area contributed by atoms with E-state index in [-0.39, 0.29) is 6.04 Å². The molecule has 0 spiro atoms. The second kappa shape index (κ2) is 10.7. The molecule has 0 aromatic rings. The normalized spacial score (nSPS) is 14.6. The maximum atomic E-state index is 6.14. The fourth-order valence-corrected chi connectivity index (χ4v) is 5.89. The van der Waals surface area contributed by atoms with E-state index >= 15 is 0 Å². The summed E-state index contributed by atoms with van der Waals surface area (Å²) in [4.78, 5) is 2.05. The van der Waals surface area contributed by atoms with Gasteiger partial charge in [-0.1, -0.05) is 0 Å². The zero-order chi connectivity index (χ0) is 17.2. The zero-order valence-electron chi connectivity index (χ0n) is 15.6. The highest BCUT2D eigenvalue weighted by Gasteiger charge is 2.67. The lowest BCUT2D eigenvalue weighted by Crippen LogP contribution is -2.74. The first kappa shape index (κ1) is 22.0. The lowest BCUT2D eigenvalue weighted by Gasteiger charge is -2.48. The lowest BCUT2D eigenvalue weighted by atomic mass is 10.3. The molecule has 0 amide bonds. The Labute approximate surface area is 137 Å². The smallest absolute Gasteiger partial charge is 0.371 e. The predicted octanol–water partition coefficient (Wildman–Crippen LogP) is 2.29. The van der Waals surface area contributed by atoms with E-state index in [2.05, 4.69) is 0 Å². The topological polar surface area (TPSA) is 49.4 Å². The third-order valence-electron chi connectivity index (χ3n) is 3.47. The molecule has 6 nitrogen and oxygen atoms in total. The summed E-state index contributed by atoms with van der Waals surface area (Å²) < 4.78 is 30.5. The van der Waals surface area contributed by atoms with Gasteiger partial charge in [0.2, 0.25) is 0 Å². The molecule has 1 unspecified atom stereocenters. The van der Waals surface area contributed by atoms with E-state index in [1.54, 1.807) is 0 Å². The molecular weight excluding hydrogens is 302 g/mol. The van der Waals surface area contributed by atoms with Crippen LogP contribution in [-0.2, 0) is 22.8 Å². The molecule has 0 aliphatic rings. The van der Waals surface area contributed by atoms with Crippen molar-refractivity contribution in [1.82, 2.24) is 4.90 Å². The molecular formula is C15H35NO5Si. The molecule has 134 valence electrons. The summed E-state index contributed by atoms with van der Waals surface area (Å²) in [5, 5.41) is 0. The van der Waals surface area contributed by atoms with Crippen molar-refractivity contribution in [2.24, 2.45) is 0 Å². The van der Waals surface area contributed by atoms with Crippen molar-refractivity contribution in [3.63, 3.8) is 0 Å². The van der Waals surface area contributed by atoms with E-state index in [4.69, 9.17) is 22.8 Å². The van der Waals surface area contributed by atoms with Crippen molar-refractivity contribution in [1.29, 1.82) is 0 Å². The van der Waals surface area contributed by atoms with Gasteiger partial charge in [-0.05, 0) is 55.6 Å². The van der Waals surface area contributed by atoms with Gasteiger partial charge in [-0.15, -0.1) is 0 Å². The van der Waals surface area contributed by atoms with Crippen LogP contribution < -0.4 is 0 Å².